The van der Waals surface area contributed by atoms with Gasteiger partial charge in [0.1, 0.15) is 12.4 Å². The van der Waals surface area contributed by atoms with Crippen LogP contribution in [0.1, 0.15) is 30.9 Å². The van der Waals surface area contributed by atoms with E-state index in [1.165, 1.54) is 27.7 Å². The molecule has 0 aliphatic carbocycles. The summed E-state index contributed by atoms with van der Waals surface area (Å²) in [6.07, 6.45) is 2.51. The van der Waals surface area contributed by atoms with Crippen LogP contribution in [0.15, 0.2) is 33.9 Å². The predicted molar refractivity (Wildman–Crippen MR) is 119 cm³/mol. The smallest absolute Gasteiger partial charge is 0.330 e. The van der Waals surface area contributed by atoms with Crippen LogP contribution in [0, 0.1) is 0 Å². The Balaban J connectivity index is 1.87. The minimum atomic E-state index is -0.654. The number of quaternary nitrogens is 1. The molecule has 168 valence electrons. The first-order valence-corrected chi connectivity index (χ1v) is 10.8. The molecule has 3 rings (SSSR count). The fourth-order valence-electron chi connectivity index (χ4n) is 4.02. The normalized spacial score (nSPS) is 15.5. The number of nitrogen functional groups attached to an aromatic ring is 1. The topological polar surface area (TPSA) is 115 Å². The monoisotopic (exact) mass is 430 g/mol. The molecule has 0 saturated heterocycles. The van der Waals surface area contributed by atoms with Gasteiger partial charge in [0.2, 0.25) is 0 Å². The van der Waals surface area contributed by atoms with Crippen molar-refractivity contribution in [2.45, 2.75) is 39.3 Å². The highest BCUT2D eigenvalue weighted by atomic mass is 16.5. The summed E-state index contributed by atoms with van der Waals surface area (Å²) in [4.78, 5) is 43.0. The van der Waals surface area contributed by atoms with Crippen molar-refractivity contribution < 1.29 is 14.4 Å². The molecule has 31 heavy (non-hydrogen) atoms. The van der Waals surface area contributed by atoms with Crippen molar-refractivity contribution in [3.63, 3.8) is 0 Å². The Morgan fingerprint density at radius 2 is 2.03 bits per heavy atom. The second-order valence-electron chi connectivity index (χ2n) is 7.91. The van der Waals surface area contributed by atoms with Gasteiger partial charge in [0.25, 0.3) is 11.5 Å². The van der Waals surface area contributed by atoms with Gasteiger partial charge in [-0.25, -0.2) is 4.79 Å². The SMILES string of the molecule is CCCCn1c(N)c(N(CCOC)C(=O)C[NH+]2CCc3ccccc3C2)c(=O)[nH]c1=O. The maximum atomic E-state index is 13.3. The van der Waals surface area contributed by atoms with Crippen LogP contribution in [0.4, 0.5) is 11.5 Å². The molecule has 1 aromatic carbocycles. The van der Waals surface area contributed by atoms with Crippen molar-refractivity contribution in [1.29, 1.82) is 0 Å². The molecule has 1 aliphatic heterocycles. The second kappa shape index (κ2) is 10.4. The van der Waals surface area contributed by atoms with Crippen molar-refractivity contribution in [3.8, 4) is 0 Å². The summed E-state index contributed by atoms with van der Waals surface area (Å²) in [5.41, 5.74) is 7.60. The summed E-state index contributed by atoms with van der Waals surface area (Å²) >= 11 is 0. The molecule has 9 nitrogen and oxygen atoms in total. The van der Waals surface area contributed by atoms with E-state index in [1.807, 2.05) is 19.1 Å². The Labute approximate surface area is 181 Å². The first-order valence-electron chi connectivity index (χ1n) is 10.8. The van der Waals surface area contributed by atoms with E-state index in [9.17, 15) is 14.4 Å². The molecule has 2 aromatic rings. The van der Waals surface area contributed by atoms with Gasteiger partial charge in [-0.2, -0.15) is 0 Å². The fourth-order valence-corrected chi connectivity index (χ4v) is 4.02. The summed E-state index contributed by atoms with van der Waals surface area (Å²) in [5, 5.41) is 0. The number of anilines is 2. The molecular weight excluding hydrogens is 398 g/mol. The number of unbranched alkanes of at least 4 members (excludes halogenated alkanes) is 1. The highest BCUT2D eigenvalue weighted by Crippen LogP contribution is 2.17. The van der Waals surface area contributed by atoms with Crippen LogP contribution in [0.25, 0.3) is 0 Å². The first kappa shape index (κ1) is 22.8. The zero-order valence-corrected chi connectivity index (χ0v) is 18.3. The lowest BCUT2D eigenvalue weighted by atomic mass is 10.00. The number of methoxy groups -OCH3 is 1. The summed E-state index contributed by atoms with van der Waals surface area (Å²) < 4.78 is 6.49. The number of aromatic nitrogens is 2. The average Bonchev–Trinajstić information content (AvgIpc) is 2.75. The lowest BCUT2D eigenvalue weighted by Crippen LogP contribution is -3.13. The third-order valence-corrected chi connectivity index (χ3v) is 5.75. The Morgan fingerprint density at radius 3 is 2.74 bits per heavy atom. The number of fused-ring (bicyclic) bond motifs is 1. The van der Waals surface area contributed by atoms with Gasteiger partial charge in [-0.1, -0.05) is 37.6 Å². The van der Waals surface area contributed by atoms with Crippen molar-refractivity contribution in [2.75, 3.05) is 44.0 Å². The molecule has 1 atom stereocenters. The van der Waals surface area contributed by atoms with E-state index in [-0.39, 0.29) is 37.1 Å². The Bertz CT molecular complexity index is 1030. The van der Waals surface area contributed by atoms with Gasteiger partial charge in [-0.05, 0) is 12.0 Å². The van der Waals surface area contributed by atoms with E-state index in [1.54, 1.807) is 0 Å². The van der Waals surface area contributed by atoms with E-state index in [4.69, 9.17) is 10.5 Å². The number of amides is 1. The van der Waals surface area contributed by atoms with E-state index in [0.29, 0.717) is 6.54 Å². The molecule has 0 bridgehead atoms. The third kappa shape index (κ3) is 5.23. The van der Waals surface area contributed by atoms with Crippen LogP contribution in [-0.2, 0) is 29.0 Å². The number of nitrogens with two attached hydrogens (primary N) is 1. The number of hydrogen-bond donors (Lipinski definition) is 3. The van der Waals surface area contributed by atoms with Crippen LogP contribution in [0.5, 0.6) is 0 Å². The molecule has 0 radical (unpaired) electrons. The van der Waals surface area contributed by atoms with Gasteiger partial charge in [0, 0.05) is 32.2 Å². The summed E-state index contributed by atoms with van der Waals surface area (Å²) in [5.74, 6) is -0.199. The Kier molecular flexibility index (Phi) is 7.64. The number of benzene rings is 1. The van der Waals surface area contributed by atoms with Crippen LogP contribution < -0.4 is 26.8 Å². The predicted octanol–water partition coefficient (Wildman–Crippen LogP) is -0.460. The summed E-state index contributed by atoms with van der Waals surface area (Å²) in [6, 6.07) is 8.25. The maximum Gasteiger partial charge on any atom is 0.330 e. The highest BCUT2D eigenvalue weighted by molar-refractivity contribution is 5.96. The van der Waals surface area contributed by atoms with Gasteiger partial charge in [0.05, 0.1) is 13.2 Å². The second-order valence-corrected chi connectivity index (χ2v) is 7.91. The number of H-pyrrole nitrogens is 1. The molecule has 1 unspecified atom stereocenters. The number of nitrogens with one attached hydrogen (secondary N) is 2. The number of carbonyl (C=O) groups excluding carboxylic acids is 1. The minimum absolute atomic E-state index is 0.0191. The van der Waals surface area contributed by atoms with Gasteiger partial charge < -0.3 is 15.4 Å². The Hall–Kier alpha value is -2.91. The van der Waals surface area contributed by atoms with E-state index >= 15 is 0 Å². The molecule has 0 spiro atoms. The van der Waals surface area contributed by atoms with Crippen molar-refractivity contribution in [1.82, 2.24) is 9.55 Å². The van der Waals surface area contributed by atoms with Crippen LogP contribution >= 0.6 is 0 Å². The van der Waals surface area contributed by atoms with E-state index in [2.05, 4.69) is 17.1 Å². The van der Waals surface area contributed by atoms with Gasteiger partial charge in [0.15, 0.2) is 12.2 Å². The molecule has 1 aromatic heterocycles. The molecule has 0 fully saturated rings. The maximum absolute atomic E-state index is 13.3. The van der Waals surface area contributed by atoms with Crippen molar-refractivity contribution in [2.24, 2.45) is 0 Å². The average molecular weight is 431 g/mol. The van der Waals surface area contributed by atoms with Gasteiger partial charge >= 0.3 is 5.69 Å². The van der Waals surface area contributed by atoms with Crippen LogP contribution in [0.3, 0.4) is 0 Å². The molecule has 9 heteroatoms. The van der Waals surface area contributed by atoms with Gasteiger partial charge in [-0.3, -0.25) is 24.0 Å². The number of rotatable bonds is 9. The summed E-state index contributed by atoms with van der Waals surface area (Å²) in [6.45, 7) is 4.62. The number of carbonyl (C=O) groups is 1. The highest BCUT2D eigenvalue weighted by Gasteiger charge is 2.28. The fraction of sp³-hybridized carbons (Fsp3) is 0.500. The van der Waals surface area contributed by atoms with Crippen LogP contribution in [-0.4, -0.2) is 48.8 Å². The molecule has 1 amide bonds. The van der Waals surface area contributed by atoms with Crippen molar-refractivity contribution >= 4 is 17.4 Å². The first-order chi connectivity index (χ1) is 15.0. The standard InChI is InChI=1S/C22H31N5O4/c1-3-4-10-27-20(23)19(21(29)24-22(27)30)26(12-13-31-2)18(28)15-25-11-9-16-7-5-6-8-17(16)14-25/h5-8H,3-4,9-15,23H2,1-2H3,(H,24,29,30)/p+1. The zero-order chi connectivity index (χ0) is 22.4. The molecule has 4 N–H and O–H groups in total. The van der Waals surface area contributed by atoms with Crippen molar-refractivity contribution in [3.05, 3.63) is 56.2 Å². The number of ether oxygens (including phenoxy) is 1. The Morgan fingerprint density at radius 1 is 1.29 bits per heavy atom. The molecule has 2 heterocycles. The molecule has 0 saturated carbocycles. The number of aromatic amines is 1. The number of hydrogen-bond acceptors (Lipinski definition) is 5. The third-order valence-electron chi connectivity index (χ3n) is 5.75. The minimum Gasteiger partial charge on any atom is -0.383 e. The quantitative estimate of drug-likeness (QED) is 0.498. The molecular formula is C22H32N5O4+. The van der Waals surface area contributed by atoms with Gasteiger partial charge in [-0.15, -0.1) is 0 Å². The largest absolute Gasteiger partial charge is 0.383 e. The lowest BCUT2D eigenvalue weighted by molar-refractivity contribution is -0.907. The van der Waals surface area contributed by atoms with E-state index < -0.39 is 11.2 Å². The molecule has 1 aliphatic rings. The zero-order valence-electron chi connectivity index (χ0n) is 18.3. The number of nitrogens with zero attached hydrogens (tertiary/aromatic N) is 2. The lowest BCUT2D eigenvalue weighted by Gasteiger charge is -2.29. The summed E-state index contributed by atoms with van der Waals surface area (Å²) in [7, 11) is 1.53. The van der Waals surface area contributed by atoms with E-state index in [0.717, 1.165) is 37.3 Å². The van der Waals surface area contributed by atoms with Crippen LogP contribution in [0.2, 0.25) is 0 Å².